The zero-order valence-corrected chi connectivity index (χ0v) is 8.00. The van der Waals surface area contributed by atoms with Crippen LogP contribution in [0.5, 0.6) is 0 Å². The molecule has 0 aliphatic heterocycles. The standard InChI is InChI=1S/C10H10N2.ClH/c1-2-7-12-8-11-9-5-3-4-6-10(9)12;/h2-6,8H,1,7H2;1H. The number of aromatic nitrogens is 2. The summed E-state index contributed by atoms with van der Waals surface area (Å²) in [6, 6.07) is 8.08. The fraction of sp³-hybridized carbons (Fsp3) is 0.100. The molecule has 1 aromatic heterocycles. The van der Waals surface area contributed by atoms with Crippen molar-refractivity contribution in [3.63, 3.8) is 0 Å². The highest BCUT2D eigenvalue weighted by Gasteiger charge is 1.97. The summed E-state index contributed by atoms with van der Waals surface area (Å²) in [5.41, 5.74) is 2.21. The van der Waals surface area contributed by atoms with Gasteiger partial charge in [-0.2, -0.15) is 0 Å². The fourth-order valence-corrected chi connectivity index (χ4v) is 1.29. The molecule has 0 saturated heterocycles. The van der Waals surface area contributed by atoms with Crippen molar-refractivity contribution in [3.8, 4) is 0 Å². The van der Waals surface area contributed by atoms with E-state index in [-0.39, 0.29) is 12.4 Å². The van der Waals surface area contributed by atoms with Crippen LogP contribution in [0.15, 0.2) is 43.2 Å². The van der Waals surface area contributed by atoms with Crippen LogP contribution in [0.3, 0.4) is 0 Å². The Morgan fingerprint density at radius 1 is 1.38 bits per heavy atom. The summed E-state index contributed by atoms with van der Waals surface area (Å²) in [5, 5.41) is 0. The second-order valence-electron chi connectivity index (χ2n) is 2.67. The van der Waals surface area contributed by atoms with Crippen LogP contribution in [0, 0.1) is 0 Å². The minimum absolute atomic E-state index is 0. The van der Waals surface area contributed by atoms with Crippen LogP contribution in [0.1, 0.15) is 0 Å². The Labute approximate surface area is 83.3 Å². The van der Waals surface area contributed by atoms with Crippen LogP contribution in [-0.2, 0) is 6.54 Å². The molecule has 0 bridgehead atoms. The zero-order valence-electron chi connectivity index (χ0n) is 7.18. The van der Waals surface area contributed by atoms with E-state index in [1.807, 2.05) is 30.6 Å². The highest BCUT2D eigenvalue weighted by molar-refractivity contribution is 5.85. The van der Waals surface area contributed by atoms with Crippen molar-refractivity contribution < 1.29 is 0 Å². The molecule has 2 nitrogen and oxygen atoms in total. The van der Waals surface area contributed by atoms with Gasteiger partial charge in [0.05, 0.1) is 17.4 Å². The van der Waals surface area contributed by atoms with Gasteiger partial charge in [0.2, 0.25) is 0 Å². The molecule has 0 atom stereocenters. The third kappa shape index (κ3) is 1.73. The first-order valence-corrected chi connectivity index (χ1v) is 3.92. The molecule has 0 unspecified atom stereocenters. The quantitative estimate of drug-likeness (QED) is 0.673. The number of rotatable bonds is 2. The predicted molar refractivity (Wildman–Crippen MR) is 57.2 cm³/mol. The van der Waals surface area contributed by atoms with Gasteiger partial charge in [0.1, 0.15) is 0 Å². The number of nitrogens with zero attached hydrogens (tertiary/aromatic N) is 2. The minimum atomic E-state index is 0. The molecular formula is C10H11ClN2. The summed E-state index contributed by atoms with van der Waals surface area (Å²) in [7, 11) is 0. The van der Waals surface area contributed by atoms with Gasteiger partial charge in [-0.25, -0.2) is 4.98 Å². The summed E-state index contributed by atoms with van der Waals surface area (Å²) in [4.78, 5) is 4.25. The lowest BCUT2D eigenvalue weighted by atomic mass is 10.3. The van der Waals surface area contributed by atoms with E-state index in [4.69, 9.17) is 0 Å². The van der Waals surface area contributed by atoms with Crippen molar-refractivity contribution in [2.45, 2.75) is 6.54 Å². The smallest absolute Gasteiger partial charge is 0.0961 e. The van der Waals surface area contributed by atoms with E-state index < -0.39 is 0 Å². The van der Waals surface area contributed by atoms with Crippen molar-refractivity contribution in [3.05, 3.63) is 43.2 Å². The number of halogens is 1. The first-order valence-electron chi connectivity index (χ1n) is 3.92. The van der Waals surface area contributed by atoms with Gasteiger partial charge in [0.25, 0.3) is 0 Å². The summed E-state index contributed by atoms with van der Waals surface area (Å²) >= 11 is 0. The number of hydrogen-bond acceptors (Lipinski definition) is 1. The molecule has 0 aliphatic carbocycles. The van der Waals surface area contributed by atoms with E-state index in [9.17, 15) is 0 Å². The molecule has 2 rings (SSSR count). The van der Waals surface area contributed by atoms with E-state index in [2.05, 4.69) is 22.2 Å². The Morgan fingerprint density at radius 3 is 2.92 bits per heavy atom. The molecule has 0 N–H and O–H groups in total. The van der Waals surface area contributed by atoms with Crippen LogP contribution in [-0.4, -0.2) is 9.55 Å². The lowest BCUT2D eigenvalue weighted by molar-refractivity contribution is 0.851. The number of allylic oxidation sites excluding steroid dienone is 1. The third-order valence-electron chi connectivity index (χ3n) is 1.85. The van der Waals surface area contributed by atoms with Gasteiger partial charge in [0, 0.05) is 6.54 Å². The predicted octanol–water partition coefficient (Wildman–Crippen LogP) is 2.64. The van der Waals surface area contributed by atoms with Crippen LogP contribution in [0.2, 0.25) is 0 Å². The molecule has 0 amide bonds. The molecule has 68 valence electrons. The Balaban J connectivity index is 0.000000845. The van der Waals surface area contributed by atoms with Gasteiger partial charge in [0.15, 0.2) is 0 Å². The number of fused-ring (bicyclic) bond motifs is 1. The second kappa shape index (κ2) is 4.10. The lowest BCUT2D eigenvalue weighted by Gasteiger charge is -1.97. The van der Waals surface area contributed by atoms with Gasteiger partial charge in [-0.1, -0.05) is 18.2 Å². The van der Waals surface area contributed by atoms with Crippen molar-refractivity contribution in [2.24, 2.45) is 0 Å². The van der Waals surface area contributed by atoms with E-state index in [0.717, 1.165) is 17.6 Å². The average molecular weight is 195 g/mol. The molecule has 1 heterocycles. The highest BCUT2D eigenvalue weighted by Crippen LogP contribution is 2.10. The Hall–Kier alpha value is -1.28. The molecule has 3 heteroatoms. The second-order valence-corrected chi connectivity index (χ2v) is 2.67. The minimum Gasteiger partial charge on any atom is -0.327 e. The van der Waals surface area contributed by atoms with Gasteiger partial charge in [-0.05, 0) is 12.1 Å². The van der Waals surface area contributed by atoms with Crippen LogP contribution >= 0.6 is 12.4 Å². The molecular weight excluding hydrogens is 184 g/mol. The van der Waals surface area contributed by atoms with Gasteiger partial charge < -0.3 is 4.57 Å². The summed E-state index contributed by atoms with van der Waals surface area (Å²) in [6.45, 7) is 4.51. The maximum Gasteiger partial charge on any atom is 0.0961 e. The van der Waals surface area contributed by atoms with Crippen molar-refractivity contribution >= 4 is 23.4 Å². The summed E-state index contributed by atoms with van der Waals surface area (Å²) in [5.74, 6) is 0. The highest BCUT2D eigenvalue weighted by atomic mass is 35.5. The summed E-state index contributed by atoms with van der Waals surface area (Å²) < 4.78 is 2.07. The van der Waals surface area contributed by atoms with Crippen LogP contribution in [0.4, 0.5) is 0 Å². The van der Waals surface area contributed by atoms with Crippen LogP contribution < -0.4 is 0 Å². The van der Waals surface area contributed by atoms with Crippen LogP contribution in [0.25, 0.3) is 11.0 Å². The summed E-state index contributed by atoms with van der Waals surface area (Å²) in [6.07, 6.45) is 3.71. The largest absolute Gasteiger partial charge is 0.327 e. The van der Waals surface area contributed by atoms with Crippen molar-refractivity contribution in [1.29, 1.82) is 0 Å². The topological polar surface area (TPSA) is 17.8 Å². The van der Waals surface area contributed by atoms with E-state index in [1.165, 1.54) is 0 Å². The fourth-order valence-electron chi connectivity index (χ4n) is 1.29. The van der Waals surface area contributed by atoms with E-state index in [1.54, 1.807) is 0 Å². The van der Waals surface area contributed by atoms with Gasteiger partial charge in [-0.3, -0.25) is 0 Å². The molecule has 0 aliphatic rings. The molecule has 0 saturated carbocycles. The molecule has 0 fully saturated rings. The van der Waals surface area contributed by atoms with E-state index >= 15 is 0 Å². The van der Waals surface area contributed by atoms with Gasteiger partial charge in [-0.15, -0.1) is 19.0 Å². The normalized spacial score (nSPS) is 9.54. The van der Waals surface area contributed by atoms with E-state index in [0.29, 0.717) is 0 Å². The monoisotopic (exact) mass is 194 g/mol. The zero-order chi connectivity index (χ0) is 8.39. The van der Waals surface area contributed by atoms with Crippen molar-refractivity contribution in [1.82, 2.24) is 9.55 Å². The Bertz CT molecular complexity index is 406. The molecule has 13 heavy (non-hydrogen) atoms. The molecule has 1 aromatic carbocycles. The molecule has 2 aromatic rings. The Morgan fingerprint density at radius 2 is 2.15 bits per heavy atom. The maximum absolute atomic E-state index is 4.25. The number of para-hydroxylation sites is 2. The SMILES string of the molecule is C=CCn1cnc2ccccc21.Cl. The lowest BCUT2D eigenvalue weighted by Crippen LogP contribution is -1.90. The average Bonchev–Trinajstić information content (AvgIpc) is 2.50. The Kier molecular flexibility index (Phi) is 3.09. The number of hydrogen-bond donors (Lipinski definition) is 0. The molecule has 0 radical (unpaired) electrons. The first kappa shape index (κ1) is 9.81. The maximum atomic E-state index is 4.25. The van der Waals surface area contributed by atoms with Crippen molar-refractivity contribution in [2.75, 3.05) is 0 Å². The third-order valence-corrected chi connectivity index (χ3v) is 1.85. The number of benzene rings is 1. The first-order chi connectivity index (χ1) is 5.92. The number of imidazole rings is 1. The molecule has 0 spiro atoms. The van der Waals surface area contributed by atoms with Gasteiger partial charge >= 0.3 is 0 Å².